The Labute approximate surface area is 187 Å². The van der Waals surface area contributed by atoms with Gasteiger partial charge in [0.05, 0.1) is 12.3 Å². The highest BCUT2D eigenvalue weighted by Crippen LogP contribution is 2.26. The molecule has 156 valence electrons. The fourth-order valence-corrected chi connectivity index (χ4v) is 3.53. The maximum absolute atomic E-state index is 13.2. The van der Waals surface area contributed by atoms with E-state index < -0.39 is 17.8 Å². The lowest BCUT2D eigenvalue weighted by molar-refractivity contribution is -0.122. The van der Waals surface area contributed by atoms with E-state index >= 15 is 0 Å². The van der Waals surface area contributed by atoms with Crippen molar-refractivity contribution in [2.24, 2.45) is 0 Å². The standard InChI is InChI=1S/C23H18BrN3O4/c1-2-31-19-7-3-5-18(13-19)27-22(29)20(21(28)25-23(27)30)14-17-6-4-12-26(17)16-10-8-15(24)9-11-16/h3-14H,2H2,1H3,(H,25,28,30)/b20-14-. The van der Waals surface area contributed by atoms with Gasteiger partial charge in [-0.05, 0) is 61.5 Å². The van der Waals surface area contributed by atoms with Gasteiger partial charge in [-0.15, -0.1) is 0 Å². The highest BCUT2D eigenvalue weighted by atomic mass is 79.9. The summed E-state index contributed by atoms with van der Waals surface area (Å²) < 4.78 is 8.24. The second-order valence-corrected chi connectivity index (χ2v) is 7.58. The normalized spacial score (nSPS) is 15.4. The summed E-state index contributed by atoms with van der Waals surface area (Å²) in [6, 6.07) is 17.0. The number of ether oxygens (including phenoxy) is 1. The van der Waals surface area contributed by atoms with Crippen LogP contribution in [0.25, 0.3) is 11.8 Å². The lowest BCUT2D eigenvalue weighted by Gasteiger charge is -2.26. The molecule has 0 aliphatic carbocycles. The van der Waals surface area contributed by atoms with Gasteiger partial charge in [-0.3, -0.25) is 14.9 Å². The van der Waals surface area contributed by atoms with Gasteiger partial charge in [-0.1, -0.05) is 22.0 Å². The molecule has 1 N–H and O–H groups in total. The molecule has 31 heavy (non-hydrogen) atoms. The molecule has 1 aliphatic rings. The van der Waals surface area contributed by atoms with Crippen LogP contribution in [0, 0.1) is 0 Å². The molecule has 8 heteroatoms. The molecule has 4 amide bonds. The summed E-state index contributed by atoms with van der Waals surface area (Å²) in [5.41, 5.74) is 1.66. The van der Waals surface area contributed by atoms with Gasteiger partial charge in [0, 0.05) is 28.1 Å². The van der Waals surface area contributed by atoms with Crippen LogP contribution in [-0.4, -0.2) is 29.0 Å². The predicted molar refractivity (Wildman–Crippen MR) is 120 cm³/mol. The smallest absolute Gasteiger partial charge is 0.335 e. The molecular weight excluding hydrogens is 462 g/mol. The van der Waals surface area contributed by atoms with Crippen LogP contribution < -0.4 is 15.0 Å². The third-order valence-electron chi connectivity index (χ3n) is 4.67. The largest absolute Gasteiger partial charge is 0.494 e. The molecule has 0 bridgehead atoms. The number of barbiturate groups is 1. The third-order valence-corrected chi connectivity index (χ3v) is 5.19. The van der Waals surface area contributed by atoms with Gasteiger partial charge in [-0.25, -0.2) is 9.69 Å². The maximum Gasteiger partial charge on any atom is 0.335 e. The number of amides is 4. The van der Waals surface area contributed by atoms with Crippen molar-refractivity contribution in [1.29, 1.82) is 0 Å². The van der Waals surface area contributed by atoms with Crippen LogP contribution in [0.3, 0.4) is 0 Å². The van der Waals surface area contributed by atoms with E-state index in [0.717, 1.165) is 15.1 Å². The number of aromatic nitrogens is 1. The first kappa shape index (κ1) is 20.6. The molecule has 2 aromatic carbocycles. The van der Waals surface area contributed by atoms with Gasteiger partial charge < -0.3 is 9.30 Å². The molecule has 4 rings (SSSR count). The molecule has 1 saturated heterocycles. The van der Waals surface area contributed by atoms with E-state index in [9.17, 15) is 14.4 Å². The molecule has 3 aromatic rings. The Morgan fingerprint density at radius 3 is 2.52 bits per heavy atom. The minimum atomic E-state index is -0.802. The number of imide groups is 2. The summed E-state index contributed by atoms with van der Waals surface area (Å²) in [5.74, 6) is -0.922. The summed E-state index contributed by atoms with van der Waals surface area (Å²) in [7, 11) is 0. The lowest BCUT2D eigenvalue weighted by atomic mass is 10.1. The second kappa shape index (κ2) is 8.61. The van der Waals surface area contributed by atoms with Crippen LogP contribution in [0.15, 0.2) is 76.9 Å². The SMILES string of the molecule is CCOc1cccc(N2C(=O)NC(=O)/C(=C/c3cccn3-c3ccc(Br)cc3)C2=O)c1. The zero-order chi connectivity index (χ0) is 22.0. The Hall–Kier alpha value is -3.65. The minimum Gasteiger partial charge on any atom is -0.494 e. The maximum atomic E-state index is 13.2. The van der Waals surface area contributed by atoms with Gasteiger partial charge in [0.1, 0.15) is 11.3 Å². The van der Waals surface area contributed by atoms with Crippen molar-refractivity contribution in [3.05, 3.63) is 82.6 Å². The van der Waals surface area contributed by atoms with Crippen molar-refractivity contribution in [3.8, 4) is 11.4 Å². The van der Waals surface area contributed by atoms with Crippen LogP contribution in [0.1, 0.15) is 12.6 Å². The number of carbonyl (C=O) groups is 3. The van der Waals surface area contributed by atoms with Crippen molar-refractivity contribution in [3.63, 3.8) is 0 Å². The minimum absolute atomic E-state index is 0.140. The summed E-state index contributed by atoms with van der Waals surface area (Å²) in [5, 5.41) is 2.24. The molecule has 1 aliphatic heterocycles. The number of anilines is 1. The first-order valence-corrected chi connectivity index (χ1v) is 10.3. The van der Waals surface area contributed by atoms with Crippen LogP contribution in [0.2, 0.25) is 0 Å². The quantitative estimate of drug-likeness (QED) is 0.436. The molecule has 0 unspecified atom stereocenters. The van der Waals surface area contributed by atoms with E-state index in [2.05, 4.69) is 21.2 Å². The number of nitrogens with zero attached hydrogens (tertiary/aromatic N) is 2. The average molecular weight is 480 g/mol. The van der Waals surface area contributed by atoms with Gasteiger partial charge in [-0.2, -0.15) is 0 Å². The van der Waals surface area contributed by atoms with Crippen LogP contribution in [0.4, 0.5) is 10.5 Å². The fraction of sp³-hybridized carbons (Fsp3) is 0.0870. The van der Waals surface area contributed by atoms with E-state index in [4.69, 9.17) is 4.74 Å². The van der Waals surface area contributed by atoms with Crippen molar-refractivity contribution >= 4 is 45.5 Å². The van der Waals surface area contributed by atoms with Crippen molar-refractivity contribution in [2.45, 2.75) is 6.92 Å². The Kier molecular flexibility index (Phi) is 5.73. The van der Waals surface area contributed by atoms with Crippen LogP contribution >= 0.6 is 15.9 Å². The molecule has 0 radical (unpaired) electrons. The zero-order valence-corrected chi connectivity index (χ0v) is 18.1. The Morgan fingerprint density at radius 2 is 1.77 bits per heavy atom. The Balaban J connectivity index is 1.72. The molecule has 2 heterocycles. The van der Waals surface area contributed by atoms with Crippen LogP contribution in [0.5, 0.6) is 5.75 Å². The molecular formula is C23H18BrN3O4. The summed E-state index contributed by atoms with van der Waals surface area (Å²) >= 11 is 3.41. The zero-order valence-electron chi connectivity index (χ0n) is 16.5. The van der Waals surface area contributed by atoms with E-state index in [1.165, 1.54) is 6.08 Å². The molecule has 0 atom stereocenters. The molecule has 7 nitrogen and oxygen atoms in total. The highest BCUT2D eigenvalue weighted by molar-refractivity contribution is 9.10. The topological polar surface area (TPSA) is 80.6 Å². The van der Waals surface area contributed by atoms with Crippen molar-refractivity contribution < 1.29 is 19.1 Å². The average Bonchev–Trinajstić information content (AvgIpc) is 3.20. The van der Waals surface area contributed by atoms with E-state index in [-0.39, 0.29) is 5.57 Å². The number of nitrogens with one attached hydrogen (secondary N) is 1. The van der Waals surface area contributed by atoms with E-state index in [1.807, 2.05) is 48.0 Å². The highest BCUT2D eigenvalue weighted by Gasteiger charge is 2.37. The lowest BCUT2D eigenvalue weighted by Crippen LogP contribution is -2.54. The fourth-order valence-electron chi connectivity index (χ4n) is 3.27. The summed E-state index contributed by atoms with van der Waals surface area (Å²) in [6.45, 7) is 2.28. The molecule has 1 aromatic heterocycles. The Bertz CT molecular complexity index is 1200. The predicted octanol–water partition coefficient (Wildman–Crippen LogP) is 4.30. The second-order valence-electron chi connectivity index (χ2n) is 6.67. The van der Waals surface area contributed by atoms with Gasteiger partial charge in [0.25, 0.3) is 11.8 Å². The number of rotatable bonds is 5. The van der Waals surface area contributed by atoms with Crippen molar-refractivity contribution in [2.75, 3.05) is 11.5 Å². The summed E-state index contributed by atoms with van der Waals surface area (Å²) in [6.07, 6.45) is 3.31. The number of carbonyl (C=O) groups excluding carboxylic acids is 3. The first-order chi connectivity index (χ1) is 15.0. The number of hydrogen-bond donors (Lipinski definition) is 1. The number of urea groups is 1. The number of benzene rings is 2. The number of halogens is 1. The molecule has 0 spiro atoms. The monoisotopic (exact) mass is 479 g/mol. The number of hydrogen-bond acceptors (Lipinski definition) is 4. The Morgan fingerprint density at radius 1 is 1.00 bits per heavy atom. The van der Waals surface area contributed by atoms with Gasteiger partial charge in [0.15, 0.2) is 0 Å². The van der Waals surface area contributed by atoms with Crippen LogP contribution in [-0.2, 0) is 9.59 Å². The summed E-state index contributed by atoms with van der Waals surface area (Å²) in [4.78, 5) is 39.0. The van der Waals surface area contributed by atoms with Gasteiger partial charge >= 0.3 is 6.03 Å². The molecule has 0 saturated carbocycles. The van der Waals surface area contributed by atoms with Gasteiger partial charge in [0.2, 0.25) is 0 Å². The molecule has 1 fully saturated rings. The third kappa shape index (κ3) is 4.15. The van der Waals surface area contributed by atoms with E-state index in [0.29, 0.717) is 23.7 Å². The van der Waals surface area contributed by atoms with E-state index in [1.54, 1.807) is 30.3 Å². The first-order valence-electron chi connectivity index (χ1n) is 9.55. The van der Waals surface area contributed by atoms with Crippen molar-refractivity contribution in [1.82, 2.24) is 9.88 Å².